The molecule has 0 aromatic heterocycles. The summed E-state index contributed by atoms with van der Waals surface area (Å²) in [6, 6.07) is 4.25. The van der Waals surface area contributed by atoms with Crippen LogP contribution in [0.15, 0.2) is 18.2 Å². The average Bonchev–Trinajstić information content (AvgIpc) is 2.31. The van der Waals surface area contributed by atoms with Crippen molar-refractivity contribution in [2.45, 2.75) is 12.1 Å². The fourth-order valence-corrected chi connectivity index (χ4v) is 2.07. The maximum Gasteiger partial charge on any atom is 0.165 e. The quantitative estimate of drug-likeness (QED) is 0.811. The van der Waals surface area contributed by atoms with Crippen LogP contribution in [0.5, 0.6) is 5.75 Å². The molecule has 0 spiro atoms. The number of hydrogen-bond donors (Lipinski definition) is 2. The smallest absolute Gasteiger partial charge is 0.165 e. The van der Waals surface area contributed by atoms with Crippen molar-refractivity contribution >= 4 is 0 Å². The molecule has 1 aromatic rings. The lowest BCUT2D eigenvalue weighted by Gasteiger charge is -2.36. The van der Waals surface area contributed by atoms with Gasteiger partial charge in [0.05, 0.1) is 12.6 Å². The molecule has 2 rings (SSSR count). The third-order valence-electron chi connectivity index (χ3n) is 3.10. The Morgan fingerprint density at radius 1 is 1.53 bits per heavy atom. The number of hydrogen-bond acceptors (Lipinski definition) is 4. The fourth-order valence-electron chi connectivity index (χ4n) is 2.07. The third-order valence-corrected chi connectivity index (χ3v) is 3.10. The zero-order chi connectivity index (χ0) is 12.4. The van der Waals surface area contributed by atoms with Gasteiger partial charge in [0.1, 0.15) is 12.7 Å². The highest BCUT2D eigenvalue weighted by molar-refractivity contribution is 5.39. The summed E-state index contributed by atoms with van der Waals surface area (Å²) in [6.07, 6.45) is -0.800. The summed E-state index contributed by atoms with van der Waals surface area (Å²) >= 11 is 0. The van der Waals surface area contributed by atoms with Crippen LogP contribution in [-0.4, -0.2) is 48.0 Å². The lowest BCUT2D eigenvalue weighted by Crippen LogP contribution is -2.45. The summed E-state index contributed by atoms with van der Waals surface area (Å²) in [5.41, 5.74) is 0.464. The molecule has 0 saturated heterocycles. The number of benzene rings is 1. The third kappa shape index (κ3) is 2.26. The Labute approximate surface area is 99.2 Å². The minimum atomic E-state index is -0.800. The van der Waals surface area contributed by atoms with Crippen LogP contribution >= 0.6 is 0 Å². The van der Waals surface area contributed by atoms with Gasteiger partial charge in [0, 0.05) is 12.1 Å². The number of rotatable bonds is 3. The zero-order valence-corrected chi connectivity index (χ0v) is 9.64. The second-order valence-corrected chi connectivity index (χ2v) is 4.19. The van der Waals surface area contributed by atoms with Gasteiger partial charge in [0.2, 0.25) is 0 Å². The predicted molar refractivity (Wildman–Crippen MR) is 60.4 cm³/mol. The van der Waals surface area contributed by atoms with E-state index >= 15 is 0 Å². The van der Waals surface area contributed by atoms with Crippen molar-refractivity contribution in [3.8, 4) is 5.75 Å². The van der Waals surface area contributed by atoms with Crippen LogP contribution in [0.4, 0.5) is 4.39 Å². The monoisotopic (exact) mass is 241 g/mol. The van der Waals surface area contributed by atoms with E-state index in [2.05, 4.69) is 0 Å². The van der Waals surface area contributed by atoms with Gasteiger partial charge < -0.3 is 14.9 Å². The fraction of sp³-hybridized carbons (Fsp3) is 0.500. The Kier molecular flexibility index (Phi) is 3.61. The number of aliphatic hydroxyl groups excluding tert-OH is 2. The molecule has 4 nitrogen and oxygen atoms in total. The van der Waals surface area contributed by atoms with Crippen molar-refractivity contribution in [2.24, 2.45) is 0 Å². The molecule has 2 atom stereocenters. The number of aliphatic hydroxyl groups is 2. The Bertz CT molecular complexity index is 399. The van der Waals surface area contributed by atoms with Crippen LogP contribution < -0.4 is 4.74 Å². The highest BCUT2D eigenvalue weighted by Gasteiger charge is 2.33. The van der Waals surface area contributed by atoms with E-state index in [0.717, 1.165) is 0 Å². The SMILES string of the molecule is CN(CCO)C1COc2c(F)cccc2C1O. The second kappa shape index (κ2) is 5.00. The molecule has 0 saturated carbocycles. The Balaban J connectivity index is 2.24. The molecular weight excluding hydrogens is 225 g/mol. The van der Waals surface area contributed by atoms with Crippen molar-refractivity contribution in [2.75, 3.05) is 26.8 Å². The highest BCUT2D eigenvalue weighted by Crippen LogP contribution is 2.35. The Morgan fingerprint density at radius 3 is 3.00 bits per heavy atom. The molecule has 94 valence electrons. The second-order valence-electron chi connectivity index (χ2n) is 4.19. The molecule has 2 N–H and O–H groups in total. The Morgan fingerprint density at radius 2 is 2.29 bits per heavy atom. The van der Waals surface area contributed by atoms with Crippen LogP contribution in [0.3, 0.4) is 0 Å². The number of nitrogens with zero attached hydrogens (tertiary/aromatic N) is 1. The number of fused-ring (bicyclic) bond motifs is 1. The highest BCUT2D eigenvalue weighted by atomic mass is 19.1. The maximum atomic E-state index is 13.4. The van der Waals surface area contributed by atoms with Gasteiger partial charge in [-0.05, 0) is 13.1 Å². The topological polar surface area (TPSA) is 52.9 Å². The lowest BCUT2D eigenvalue weighted by molar-refractivity contribution is 0.00781. The molecule has 1 heterocycles. The van der Waals surface area contributed by atoms with Gasteiger partial charge in [0.15, 0.2) is 11.6 Å². The summed E-state index contributed by atoms with van der Waals surface area (Å²) in [4.78, 5) is 1.80. The molecule has 0 radical (unpaired) electrons. The van der Waals surface area contributed by atoms with Crippen LogP contribution in [0, 0.1) is 5.82 Å². The van der Waals surface area contributed by atoms with Gasteiger partial charge in [-0.15, -0.1) is 0 Å². The first-order valence-corrected chi connectivity index (χ1v) is 5.55. The van der Waals surface area contributed by atoms with Gasteiger partial charge in [-0.2, -0.15) is 0 Å². The largest absolute Gasteiger partial charge is 0.488 e. The van der Waals surface area contributed by atoms with Crippen molar-refractivity contribution in [3.63, 3.8) is 0 Å². The van der Waals surface area contributed by atoms with E-state index in [1.807, 2.05) is 0 Å². The van der Waals surface area contributed by atoms with E-state index in [0.29, 0.717) is 12.1 Å². The van der Waals surface area contributed by atoms with E-state index < -0.39 is 11.9 Å². The molecule has 0 fully saturated rings. The summed E-state index contributed by atoms with van der Waals surface area (Å²) < 4.78 is 18.8. The van der Waals surface area contributed by atoms with E-state index in [1.165, 1.54) is 6.07 Å². The molecule has 1 aromatic carbocycles. The molecule has 0 amide bonds. The molecular formula is C12H16FNO3. The molecule has 1 aliphatic rings. The summed E-state index contributed by atoms with van der Waals surface area (Å²) in [7, 11) is 1.79. The minimum Gasteiger partial charge on any atom is -0.488 e. The van der Waals surface area contributed by atoms with Crippen molar-refractivity contribution in [1.82, 2.24) is 4.90 Å². The van der Waals surface area contributed by atoms with Crippen molar-refractivity contribution < 1.29 is 19.3 Å². The van der Waals surface area contributed by atoms with Gasteiger partial charge in [-0.25, -0.2) is 4.39 Å². The molecule has 1 aliphatic heterocycles. The van der Waals surface area contributed by atoms with Crippen molar-refractivity contribution in [3.05, 3.63) is 29.6 Å². The van der Waals surface area contributed by atoms with Gasteiger partial charge >= 0.3 is 0 Å². The number of para-hydroxylation sites is 1. The molecule has 0 aliphatic carbocycles. The van der Waals surface area contributed by atoms with Gasteiger partial charge in [-0.1, -0.05) is 12.1 Å². The molecule has 17 heavy (non-hydrogen) atoms. The number of halogens is 1. The zero-order valence-electron chi connectivity index (χ0n) is 9.64. The normalized spacial score (nSPS) is 23.4. The summed E-state index contributed by atoms with van der Waals surface area (Å²) in [5, 5.41) is 19.0. The van der Waals surface area contributed by atoms with E-state index in [-0.39, 0.29) is 25.0 Å². The van der Waals surface area contributed by atoms with Crippen molar-refractivity contribution in [1.29, 1.82) is 0 Å². The molecule has 2 unspecified atom stereocenters. The van der Waals surface area contributed by atoms with E-state index in [4.69, 9.17) is 9.84 Å². The maximum absolute atomic E-state index is 13.4. The van der Waals surface area contributed by atoms with Gasteiger partial charge in [0.25, 0.3) is 0 Å². The first-order valence-electron chi connectivity index (χ1n) is 5.55. The van der Waals surface area contributed by atoms with E-state index in [9.17, 15) is 9.50 Å². The van der Waals surface area contributed by atoms with Gasteiger partial charge in [-0.3, -0.25) is 4.90 Å². The number of ether oxygens (including phenoxy) is 1. The molecule has 0 bridgehead atoms. The Hall–Kier alpha value is -1.17. The van der Waals surface area contributed by atoms with Crippen LogP contribution in [0.25, 0.3) is 0 Å². The van der Waals surface area contributed by atoms with Crippen LogP contribution in [-0.2, 0) is 0 Å². The minimum absolute atomic E-state index is 0.00965. The number of likely N-dealkylation sites (N-methyl/N-ethyl adjacent to an activating group) is 1. The van der Waals surface area contributed by atoms with E-state index in [1.54, 1.807) is 24.1 Å². The standard InChI is InChI=1S/C12H16FNO3/c1-14(5-6-15)10-7-17-12-8(11(10)16)3-2-4-9(12)13/h2-4,10-11,15-16H,5-7H2,1H3. The average molecular weight is 241 g/mol. The summed E-state index contributed by atoms with van der Waals surface area (Å²) in [6.45, 7) is 0.664. The summed E-state index contributed by atoms with van der Waals surface area (Å²) in [5.74, 6) is -0.321. The van der Waals surface area contributed by atoms with Crippen LogP contribution in [0.2, 0.25) is 0 Å². The first kappa shape index (κ1) is 12.3. The predicted octanol–water partition coefficient (Wildman–Crippen LogP) is 0.544. The van der Waals surface area contributed by atoms with Crippen LogP contribution in [0.1, 0.15) is 11.7 Å². The lowest BCUT2D eigenvalue weighted by atomic mass is 9.98. The molecule has 5 heteroatoms. The first-order chi connectivity index (χ1) is 8.15.